The molecule has 3 heterocycles. The molecule has 0 radical (unpaired) electrons. The van der Waals surface area contributed by atoms with Crippen LogP contribution in [0.25, 0.3) is 22.3 Å². The Morgan fingerprint density at radius 1 is 1.13 bits per heavy atom. The number of carboxylic acid groups (broad SMARTS) is 1. The average molecular weight is 680 g/mol. The van der Waals surface area contributed by atoms with Gasteiger partial charge >= 0.3 is 5.97 Å². The van der Waals surface area contributed by atoms with E-state index in [4.69, 9.17) is 37.4 Å². The Labute approximate surface area is 269 Å². The molecule has 0 saturated carbocycles. The molecule has 45 heavy (non-hydrogen) atoms. The van der Waals surface area contributed by atoms with Crippen LogP contribution in [0.4, 0.5) is 0 Å². The van der Waals surface area contributed by atoms with Crippen LogP contribution < -0.4 is 15.6 Å². The van der Waals surface area contributed by atoms with Gasteiger partial charge in [-0.3, -0.25) is 19.3 Å². The normalized spacial score (nSPS) is 19.3. The highest BCUT2D eigenvalue weighted by atomic mass is 35.5. The molecular formula is C29H28Cl2N4O9S. The number of nitrogens with zero attached hydrogens (tertiary/aromatic N) is 2. The maximum atomic E-state index is 13.2. The Morgan fingerprint density at radius 2 is 1.87 bits per heavy atom. The summed E-state index contributed by atoms with van der Waals surface area (Å²) in [5.74, 6) is -2.62. The molecule has 3 N–H and O–H groups in total. The highest BCUT2D eigenvalue weighted by Crippen LogP contribution is 2.38. The first-order valence-electron chi connectivity index (χ1n) is 13.8. The van der Waals surface area contributed by atoms with E-state index in [1.807, 2.05) is 6.92 Å². The molecule has 1 fully saturated rings. The zero-order valence-electron chi connectivity index (χ0n) is 23.8. The monoisotopic (exact) mass is 678 g/mol. The Hall–Kier alpha value is -3.66. The maximum absolute atomic E-state index is 13.2. The largest absolute Gasteiger partial charge is 0.614 e. The fourth-order valence-corrected chi connectivity index (χ4v) is 6.94. The van der Waals surface area contributed by atoms with Gasteiger partial charge in [0.25, 0.3) is 11.5 Å². The molecule has 2 amide bonds. The first-order chi connectivity index (χ1) is 21.6. The Balaban J connectivity index is 1.32. The number of fused-ring (bicyclic) bond motifs is 2. The van der Waals surface area contributed by atoms with Crippen molar-refractivity contribution in [1.29, 1.82) is 0 Å². The number of carbonyl (C=O) groups excluding carboxylic acids is 2. The summed E-state index contributed by atoms with van der Waals surface area (Å²) in [6, 6.07) is 8.09. The van der Waals surface area contributed by atoms with Crippen LogP contribution in [-0.2, 0) is 35.0 Å². The molecule has 2 unspecified atom stereocenters. The third-order valence-electron chi connectivity index (χ3n) is 6.94. The summed E-state index contributed by atoms with van der Waals surface area (Å²) in [5, 5.41) is 12.4. The third-order valence-corrected chi connectivity index (χ3v) is 9.07. The van der Waals surface area contributed by atoms with Crippen LogP contribution in [0.1, 0.15) is 13.3 Å². The average Bonchev–Trinajstić information content (AvgIpc) is 3.00. The van der Waals surface area contributed by atoms with Crippen molar-refractivity contribution in [2.45, 2.75) is 24.8 Å². The minimum absolute atomic E-state index is 0.0983. The second-order valence-electron chi connectivity index (χ2n) is 10.1. The van der Waals surface area contributed by atoms with Gasteiger partial charge < -0.3 is 34.2 Å². The number of aromatic amines is 1. The van der Waals surface area contributed by atoms with Crippen LogP contribution in [0.3, 0.4) is 0 Å². The van der Waals surface area contributed by atoms with Gasteiger partial charge in [-0.15, -0.1) is 0 Å². The first-order valence-corrected chi connectivity index (χ1v) is 16.0. The molecule has 16 heteroatoms. The number of ether oxygens (including phenoxy) is 3. The van der Waals surface area contributed by atoms with Crippen molar-refractivity contribution in [1.82, 2.24) is 20.2 Å². The van der Waals surface area contributed by atoms with E-state index in [9.17, 15) is 28.8 Å². The number of rotatable bonds is 13. The number of amides is 2. The van der Waals surface area contributed by atoms with Crippen molar-refractivity contribution in [3.05, 3.63) is 68.1 Å². The van der Waals surface area contributed by atoms with E-state index in [1.54, 1.807) is 12.1 Å². The van der Waals surface area contributed by atoms with Crippen molar-refractivity contribution in [3.63, 3.8) is 0 Å². The van der Waals surface area contributed by atoms with Gasteiger partial charge in [0.15, 0.2) is 6.04 Å². The fourth-order valence-electron chi connectivity index (χ4n) is 4.92. The lowest BCUT2D eigenvalue weighted by atomic mass is 10.0. The molecule has 13 nitrogen and oxygen atoms in total. The Bertz CT molecular complexity index is 1730. The number of β-lactam (4-membered cyclic amide) rings is 1. The van der Waals surface area contributed by atoms with Crippen LogP contribution >= 0.6 is 23.2 Å². The minimum atomic E-state index is -1.76. The van der Waals surface area contributed by atoms with Gasteiger partial charge in [0.2, 0.25) is 11.3 Å². The van der Waals surface area contributed by atoms with Gasteiger partial charge in [-0.05, 0) is 54.0 Å². The number of benzene rings is 2. The quantitative estimate of drug-likeness (QED) is 0.138. The van der Waals surface area contributed by atoms with Crippen LogP contribution in [0.2, 0.25) is 10.0 Å². The maximum Gasteiger partial charge on any atom is 0.353 e. The molecule has 2 aromatic carbocycles. The topological polar surface area (TPSA) is 183 Å². The van der Waals surface area contributed by atoms with E-state index in [2.05, 4.69) is 15.3 Å². The molecule has 3 atom stereocenters. The summed E-state index contributed by atoms with van der Waals surface area (Å²) >= 11 is 10.5. The Kier molecular flexibility index (Phi) is 10.3. The van der Waals surface area contributed by atoms with Crippen LogP contribution in [0.15, 0.2) is 52.5 Å². The number of halogens is 2. The molecular weight excluding hydrogens is 651 g/mol. The van der Waals surface area contributed by atoms with E-state index in [0.717, 1.165) is 11.3 Å². The van der Waals surface area contributed by atoms with Crippen LogP contribution in [0, 0.1) is 0 Å². The van der Waals surface area contributed by atoms with Crippen molar-refractivity contribution < 1.29 is 38.3 Å². The lowest BCUT2D eigenvalue weighted by Crippen LogP contribution is -2.75. The summed E-state index contributed by atoms with van der Waals surface area (Å²) in [6.45, 7) is 2.34. The molecule has 3 aromatic rings. The number of aromatic nitrogens is 2. The number of aliphatic carboxylic acids is 1. The number of nitrogens with one attached hydrogen (secondary N) is 2. The lowest BCUT2D eigenvalue weighted by molar-refractivity contribution is -0.151. The molecule has 1 saturated heterocycles. The second-order valence-corrected chi connectivity index (χ2v) is 12.5. The zero-order valence-corrected chi connectivity index (χ0v) is 26.2. The molecule has 2 aliphatic heterocycles. The van der Waals surface area contributed by atoms with E-state index in [-0.39, 0.29) is 53.8 Å². The van der Waals surface area contributed by atoms with Gasteiger partial charge in [-0.25, -0.2) is 9.78 Å². The van der Waals surface area contributed by atoms with Crippen molar-refractivity contribution in [3.8, 4) is 17.1 Å². The predicted octanol–water partition coefficient (Wildman–Crippen LogP) is 2.47. The van der Waals surface area contributed by atoms with E-state index in [1.165, 1.54) is 24.3 Å². The molecule has 0 bridgehead atoms. The molecule has 0 spiro atoms. The number of hydrogen-bond acceptors (Lipinski definition) is 9. The van der Waals surface area contributed by atoms with Gasteiger partial charge in [0.1, 0.15) is 36.2 Å². The number of H-pyrrole nitrogens is 1. The lowest BCUT2D eigenvalue weighted by Gasteiger charge is -2.48. The van der Waals surface area contributed by atoms with Gasteiger partial charge in [0.05, 0.1) is 29.7 Å². The molecule has 0 aliphatic carbocycles. The van der Waals surface area contributed by atoms with E-state index in [0.29, 0.717) is 34.3 Å². The highest BCUT2D eigenvalue weighted by Gasteiger charge is 2.61. The van der Waals surface area contributed by atoms with Gasteiger partial charge in [-0.2, -0.15) is 0 Å². The second kappa shape index (κ2) is 14.2. The van der Waals surface area contributed by atoms with Crippen molar-refractivity contribution in [2.75, 3.05) is 38.8 Å². The predicted molar refractivity (Wildman–Crippen MR) is 165 cm³/mol. The Morgan fingerprint density at radius 3 is 2.62 bits per heavy atom. The molecule has 1 aromatic heterocycles. The van der Waals surface area contributed by atoms with Crippen molar-refractivity contribution >= 4 is 63.1 Å². The van der Waals surface area contributed by atoms with E-state index >= 15 is 0 Å². The number of hydrogen-bond donors (Lipinski definition) is 3. The minimum Gasteiger partial charge on any atom is -0.614 e. The summed E-state index contributed by atoms with van der Waals surface area (Å²) in [7, 11) is 0. The highest BCUT2D eigenvalue weighted by molar-refractivity contribution is 7.92. The smallest absolute Gasteiger partial charge is 0.353 e. The summed E-state index contributed by atoms with van der Waals surface area (Å²) in [5.41, 5.74) is -0.0338. The summed E-state index contributed by atoms with van der Waals surface area (Å²) < 4.78 is 29.7. The van der Waals surface area contributed by atoms with Gasteiger partial charge in [0, 0.05) is 22.2 Å². The van der Waals surface area contributed by atoms with Crippen LogP contribution in [-0.4, -0.2) is 92.5 Å². The molecule has 5 rings (SSSR count). The SMILES string of the molecule is CCCOCCOCC(=O)N[C@@H]1C(=O)N2C(C(=O)O)=C(COc3ccc(Cl)cc3-c3nc4ccc(Cl)cc4c(=O)[nH]3)C[S+]([O-])C12. The number of carbonyl (C=O) groups is 3. The van der Waals surface area contributed by atoms with Crippen LogP contribution in [0.5, 0.6) is 5.75 Å². The number of carboxylic acids is 1. The van der Waals surface area contributed by atoms with E-state index < -0.39 is 45.9 Å². The molecule has 238 valence electrons. The summed E-state index contributed by atoms with van der Waals surface area (Å²) in [6.07, 6.45) is 0.851. The summed E-state index contributed by atoms with van der Waals surface area (Å²) in [4.78, 5) is 58.5. The zero-order chi connectivity index (χ0) is 32.2. The molecule has 2 aliphatic rings. The third kappa shape index (κ3) is 7.11. The van der Waals surface area contributed by atoms with Crippen molar-refractivity contribution in [2.24, 2.45) is 0 Å². The standard InChI is InChI=1S/C29H28Cl2N4O9S/c1-2-7-42-8-9-43-13-22(36)33-23-27(38)35-24(29(39)40)15(14-45(41)28(23)35)12-44-21-6-4-17(31)11-19(21)25-32-20-5-3-16(30)10-18(20)26(37)34-25/h3-6,10-11,23,28H,2,7-9,12-14H2,1H3,(H,33,36)(H,39,40)(H,32,34,37)/t23-,28?,45?/m1/s1. The fraction of sp³-hybridized carbons (Fsp3) is 0.345. The first kappa shape index (κ1) is 32.7. The van der Waals surface area contributed by atoms with Gasteiger partial charge in [-0.1, -0.05) is 30.1 Å².